The standard InChI is InChI=1S/C37H26N2/c1-25-12-13-34-35(22-25)37(31-9-5-7-29(24-31)27-16-20-39-21-17-27)33-11-3-2-10-32(33)36(34)30-8-4-6-28(23-30)26-14-18-38-19-15-26/h2-24H,1H3. The highest BCUT2D eigenvalue weighted by atomic mass is 14.6. The first-order chi connectivity index (χ1) is 19.3. The van der Waals surface area contributed by atoms with Gasteiger partial charge in [0.15, 0.2) is 0 Å². The van der Waals surface area contributed by atoms with Crippen molar-refractivity contribution in [3.8, 4) is 44.5 Å². The van der Waals surface area contributed by atoms with E-state index in [0.717, 1.165) is 0 Å². The van der Waals surface area contributed by atoms with E-state index < -0.39 is 0 Å². The summed E-state index contributed by atoms with van der Waals surface area (Å²) in [5.74, 6) is 0. The molecule has 0 saturated carbocycles. The Morgan fingerprint density at radius 3 is 1.36 bits per heavy atom. The van der Waals surface area contributed by atoms with E-state index in [9.17, 15) is 0 Å². The summed E-state index contributed by atoms with van der Waals surface area (Å²) in [6, 6.07) is 41.7. The van der Waals surface area contributed by atoms with Crippen molar-refractivity contribution < 1.29 is 0 Å². The molecule has 2 aromatic heterocycles. The van der Waals surface area contributed by atoms with E-state index in [2.05, 4.69) is 132 Å². The molecule has 0 amide bonds. The molecule has 0 N–H and O–H groups in total. The lowest BCUT2D eigenvalue weighted by Crippen LogP contribution is -1.92. The van der Waals surface area contributed by atoms with Gasteiger partial charge in [-0.25, -0.2) is 0 Å². The van der Waals surface area contributed by atoms with E-state index in [1.807, 2.05) is 24.8 Å². The van der Waals surface area contributed by atoms with Crippen molar-refractivity contribution in [1.82, 2.24) is 9.97 Å². The number of hydrogen-bond acceptors (Lipinski definition) is 2. The number of nitrogens with zero attached hydrogens (tertiary/aromatic N) is 2. The fraction of sp³-hybridized carbons (Fsp3) is 0.0270. The Bertz CT molecular complexity index is 1960. The van der Waals surface area contributed by atoms with Crippen LogP contribution in [0.25, 0.3) is 66.1 Å². The Morgan fingerprint density at radius 2 is 0.821 bits per heavy atom. The van der Waals surface area contributed by atoms with Gasteiger partial charge in [-0.1, -0.05) is 84.4 Å². The molecule has 0 aliphatic heterocycles. The minimum absolute atomic E-state index is 1.17. The molecule has 0 aliphatic carbocycles. The van der Waals surface area contributed by atoms with Crippen LogP contribution < -0.4 is 0 Å². The molecule has 2 heterocycles. The Balaban J connectivity index is 1.53. The summed E-state index contributed by atoms with van der Waals surface area (Å²) >= 11 is 0. The van der Waals surface area contributed by atoms with Gasteiger partial charge in [0, 0.05) is 24.8 Å². The third-order valence-corrected chi connectivity index (χ3v) is 7.51. The fourth-order valence-corrected chi connectivity index (χ4v) is 5.71. The monoisotopic (exact) mass is 498 g/mol. The zero-order chi connectivity index (χ0) is 26.2. The minimum Gasteiger partial charge on any atom is -0.265 e. The number of hydrogen-bond donors (Lipinski definition) is 0. The molecular formula is C37H26N2. The number of aromatic nitrogens is 2. The normalized spacial score (nSPS) is 11.2. The van der Waals surface area contributed by atoms with E-state index in [1.165, 1.54) is 71.6 Å². The van der Waals surface area contributed by atoms with Crippen LogP contribution in [0.15, 0.2) is 140 Å². The predicted molar refractivity (Wildman–Crippen MR) is 164 cm³/mol. The number of benzene rings is 5. The van der Waals surface area contributed by atoms with Crippen molar-refractivity contribution in [2.24, 2.45) is 0 Å². The maximum atomic E-state index is 4.20. The second-order valence-corrected chi connectivity index (χ2v) is 9.98. The Kier molecular flexibility index (Phi) is 5.71. The molecule has 5 aromatic carbocycles. The Hall–Kier alpha value is -5.08. The summed E-state index contributed by atoms with van der Waals surface area (Å²) in [4.78, 5) is 8.41. The first-order valence-electron chi connectivity index (χ1n) is 13.2. The third-order valence-electron chi connectivity index (χ3n) is 7.51. The molecule has 0 spiro atoms. The van der Waals surface area contributed by atoms with Crippen molar-refractivity contribution in [2.75, 3.05) is 0 Å². The van der Waals surface area contributed by atoms with Crippen LogP contribution >= 0.6 is 0 Å². The molecule has 0 fully saturated rings. The SMILES string of the molecule is Cc1ccc2c(-c3cccc(-c4ccncc4)c3)c3ccccc3c(-c3cccc(-c4ccncc4)c3)c2c1. The number of rotatable bonds is 4. The zero-order valence-corrected chi connectivity index (χ0v) is 21.7. The molecule has 7 rings (SSSR count). The van der Waals surface area contributed by atoms with E-state index in [-0.39, 0.29) is 0 Å². The molecule has 0 radical (unpaired) electrons. The molecule has 2 heteroatoms. The second kappa shape index (κ2) is 9.66. The van der Waals surface area contributed by atoms with Gasteiger partial charge in [0.25, 0.3) is 0 Å². The van der Waals surface area contributed by atoms with Crippen LogP contribution in [0.3, 0.4) is 0 Å². The largest absolute Gasteiger partial charge is 0.265 e. The lowest BCUT2D eigenvalue weighted by Gasteiger charge is -2.19. The van der Waals surface area contributed by atoms with E-state index in [1.54, 1.807) is 0 Å². The van der Waals surface area contributed by atoms with Crippen LogP contribution in [-0.2, 0) is 0 Å². The van der Waals surface area contributed by atoms with Gasteiger partial charge in [-0.3, -0.25) is 9.97 Å². The molecule has 0 saturated heterocycles. The molecule has 184 valence electrons. The lowest BCUT2D eigenvalue weighted by molar-refractivity contribution is 1.33. The quantitative estimate of drug-likeness (QED) is 0.226. The summed E-state index contributed by atoms with van der Waals surface area (Å²) in [7, 11) is 0. The van der Waals surface area contributed by atoms with Gasteiger partial charge in [-0.15, -0.1) is 0 Å². The van der Waals surface area contributed by atoms with Crippen LogP contribution in [-0.4, -0.2) is 9.97 Å². The summed E-state index contributed by atoms with van der Waals surface area (Å²) < 4.78 is 0. The van der Waals surface area contributed by atoms with Crippen molar-refractivity contribution in [2.45, 2.75) is 6.92 Å². The van der Waals surface area contributed by atoms with Gasteiger partial charge in [0.1, 0.15) is 0 Å². The van der Waals surface area contributed by atoms with Crippen molar-refractivity contribution in [1.29, 1.82) is 0 Å². The first kappa shape index (κ1) is 23.1. The second-order valence-electron chi connectivity index (χ2n) is 9.98. The highest BCUT2D eigenvalue weighted by Crippen LogP contribution is 2.45. The van der Waals surface area contributed by atoms with Crippen LogP contribution in [0.5, 0.6) is 0 Å². The molecule has 0 aliphatic rings. The maximum Gasteiger partial charge on any atom is 0.0273 e. The van der Waals surface area contributed by atoms with Crippen LogP contribution in [0.2, 0.25) is 0 Å². The van der Waals surface area contributed by atoms with Gasteiger partial charge in [0.05, 0.1) is 0 Å². The van der Waals surface area contributed by atoms with E-state index >= 15 is 0 Å². The van der Waals surface area contributed by atoms with Crippen LogP contribution in [0, 0.1) is 6.92 Å². The lowest BCUT2D eigenvalue weighted by atomic mass is 9.84. The first-order valence-corrected chi connectivity index (χ1v) is 13.2. The highest BCUT2D eigenvalue weighted by molar-refractivity contribution is 6.21. The van der Waals surface area contributed by atoms with Crippen molar-refractivity contribution in [3.05, 3.63) is 146 Å². The molecule has 0 unspecified atom stereocenters. The molecule has 0 atom stereocenters. The number of fused-ring (bicyclic) bond motifs is 2. The third kappa shape index (κ3) is 4.17. The molecule has 0 bridgehead atoms. The van der Waals surface area contributed by atoms with Gasteiger partial charge in [-0.05, 0) is 109 Å². The summed E-state index contributed by atoms with van der Waals surface area (Å²) in [6.45, 7) is 2.18. The summed E-state index contributed by atoms with van der Waals surface area (Å²) in [5.41, 5.74) is 10.9. The minimum atomic E-state index is 1.17. The highest BCUT2D eigenvalue weighted by Gasteiger charge is 2.17. The smallest absolute Gasteiger partial charge is 0.0273 e. The molecule has 39 heavy (non-hydrogen) atoms. The molecular weight excluding hydrogens is 472 g/mol. The van der Waals surface area contributed by atoms with Gasteiger partial charge < -0.3 is 0 Å². The van der Waals surface area contributed by atoms with Gasteiger partial charge >= 0.3 is 0 Å². The Morgan fingerprint density at radius 1 is 0.359 bits per heavy atom. The average molecular weight is 499 g/mol. The number of aryl methyl sites for hydroxylation is 1. The maximum absolute atomic E-state index is 4.20. The van der Waals surface area contributed by atoms with Crippen LogP contribution in [0.4, 0.5) is 0 Å². The summed E-state index contributed by atoms with van der Waals surface area (Å²) in [5, 5.41) is 5.04. The van der Waals surface area contributed by atoms with Crippen molar-refractivity contribution >= 4 is 21.5 Å². The number of pyridine rings is 2. The van der Waals surface area contributed by atoms with Gasteiger partial charge in [-0.2, -0.15) is 0 Å². The van der Waals surface area contributed by atoms with Crippen LogP contribution in [0.1, 0.15) is 5.56 Å². The average Bonchev–Trinajstić information content (AvgIpc) is 3.01. The van der Waals surface area contributed by atoms with Gasteiger partial charge in [0.2, 0.25) is 0 Å². The van der Waals surface area contributed by atoms with E-state index in [0.29, 0.717) is 0 Å². The molecule has 7 aromatic rings. The molecule has 2 nitrogen and oxygen atoms in total. The Labute approximate surface area is 228 Å². The zero-order valence-electron chi connectivity index (χ0n) is 21.7. The van der Waals surface area contributed by atoms with Crippen molar-refractivity contribution in [3.63, 3.8) is 0 Å². The predicted octanol–water partition coefficient (Wildman–Crippen LogP) is 9.76. The summed E-state index contributed by atoms with van der Waals surface area (Å²) in [6.07, 6.45) is 7.41. The topological polar surface area (TPSA) is 25.8 Å². The van der Waals surface area contributed by atoms with E-state index in [4.69, 9.17) is 0 Å². The fourth-order valence-electron chi connectivity index (χ4n) is 5.71.